The van der Waals surface area contributed by atoms with Crippen LogP contribution in [0.15, 0.2) is 0 Å². The smallest absolute Gasteiger partial charge is 0.0731 e. The van der Waals surface area contributed by atoms with E-state index in [0.717, 1.165) is 25.9 Å². The average Bonchev–Trinajstić information content (AvgIpc) is 2.11. The van der Waals surface area contributed by atoms with E-state index in [1.165, 1.54) is 12.8 Å². The van der Waals surface area contributed by atoms with Gasteiger partial charge in [-0.25, -0.2) is 0 Å². The lowest BCUT2D eigenvalue weighted by atomic mass is 9.74. The molecule has 0 heterocycles. The highest BCUT2D eigenvalue weighted by Crippen LogP contribution is 2.35. The molecule has 2 unspecified atom stereocenters. The van der Waals surface area contributed by atoms with Crippen LogP contribution in [-0.2, 0) is 4.74 Å². The van der Waals surface area contributed by atoms with E-state index in [1.54, 1.807) is 0 Å². The van der Waals surface area contributed by atoms with Gasteiger partial charge >= 0.3 is 0 Å². The van der Waals surface area contributed by atoms with Gasteiger partial charge in [-0.3, -0.25) is 0 Å². The monoisotopic (exact) mass is 199 g/mol. The van der Waals surface area contributed by atoms with E-state index in [0.29, 0.717) is 11.5 Å². The van der Waals surface area contributed by atoms with Crippen molar-refractivity contribution in [2.45, 2.75) is 65.0 Å². The lowest BCUT2D eigenvalue weighted by Gasteiger charge is -2.39. The minimum absolute atomic E-state index is 0.264. The number of ether oxygens (including phenoxy) is 1. The van der Waals surface area contributed by atoms with E-state index in [2.05, 4.69) is 20.8 Å². The second kappa shape index (κ2) is 5.13. The van der Waals surface area contributed by atoms with E-state index in [-0.39, 0.29) is 6.04 Å². The Labute approximate surface area is 88.2 Å². The Morgan fingerprint density at radius 1 is 1.43 bits per heavy atom. The third kappa shape index (κ3) is 3.58. The predicted octanol–water partition coefficient (Wildman–Crippen LogP) is 2.71. The molecule has 1 rings (SSSR count). The summed E-state index contributed by atoms with van der Waals surface area (Å²) in [7, 11) is 0. The van der Waals surface area contributed by atoms with Crippen LogP contribution in [0.4, 0.5) is 0 Å². The Morgan fingerprint density at radius 2 is 2.14 bits per heavy atom. The second-order valence-corrected chi connectivity index (χ2v) is 5.33. The number of rotatable bonds is 4. The third-order valence-corrected chi connectivity index (χ3v) is 3.22. The summed E-state index contributed by atoms with van der Waals surface area (Å²) in [6, 6.07) is 0.264. The van der Waals surface area contributed by atoms with Crippen LogP contribution in [0.1, 0.15) is 52.9 Å². The van der Waals surface area contributed by atoms with Gasteiger partial charge in [-0.15, -0.1) is 0 Å². The van der Waals surface area contributed by atoms with Crippen molar-refractivity contribution >= 4 is 0 Å². The number of hydrogen-bond donors (Lipinski definition) is 1. The molecule has 0 bridgehead atoms. The van der Waals surface area contributed by atoms with Crippen molar-refractivity contribution in [1.29, 1.82) is 0 Å². The van der Waals surface area contributed by atoms with Gasteiger partial charge in [0.15, 0.2) is 0 Å². The Morgan fingerprint density at radius 3 is 2.79 bits per heavy atom. The molecule has 84 valence electrons. The summed E-state index contributed by atoms with van der Waals surface area (Å²) in [5, 5.41) is 0. The van der Waals surface area contributed by atoms with Crippen molar-refractivity contribution in [2.24, 2.45) is 11.1 Å². The molecule has 14 heavy (non-hydrogen) atoms. The molecule has 0 aliphatic heterocycles. The summed E-state index contributed by atoms with van der Waals surface area (Å²) in [6.45, 7) is 7.70. The van der Waals surface area contributed by atoms with Crippen LogP contribution in [0.3, 0.4) is 0 Å². The maximum atomic E-state index is 6.06. The van der Waals surface area contributed by atoms with E-state index >= 15 is 0 Å². The van der Waals surface area contributed by atoms with Crippen molar-refractivity contribution in [3.8, 4) is 0 Å². The van der Waals surface area contributed by atoms with E-state index in [4.69, 9.17) is 10.5 Å². The molecule has 1 saturated carbocycles. The van der Waals surface area contributed by atoms with Crippen molar-refractivity contribution in [3.05, 3.63) is 0 Å². The fraction of sp³-hybridized carbons (Fsp3) is 1.00. The average molecular weight is 199 g/mol. The van der Waals surface area contributed by atoms with Crippen LogP contribution in [0, 0.1) is 5.41 Å². The molecule has 1 aliphatic rings. The van der Waals surface area contributed by atoms with Crippen LogP contribution in [-0.4, -0.2) is 18.8 Å². The molecule has 2 N–H and O–H groups in total. The van der Waals surface area contributed by atoms with Gasteiger partial charge in [0.2, 0.25) is 0 Å². The first kappa shape index (κ1) is 12.0. The van der Waals surface area contributed by atoms with Gasteiger partial charge in [0.25, 0.3) is 0 Å². The second-order valence-electron chi connectivity index (χ2n) is 5.33. The van der Waals surface area contributed by atoms with Crippen LogP contribution in [0.5, 0.6) is 0 Å². The first-order valence-electron chi connectivity index (χ1n) is 5.92. The molecule has 0 saturated heterocycles. The van der Waals surface area contributed by atoms with Crippen LogP contribution in [0.2, 0.25) is 0 Å². The van der Waals surface area contributed by atoms with Crippen LogP contribution < -0.4 is 5.73 Å². The molecule has 1 fully saturated rings. The molecule has 2 nitrogen and oxygen atoms in total. The topological polar surface area (TPSA) is 35.2 Å². The fourth-order valence-electron chi connectivity index (χ4n) is 2.10. The van der Waals surface area contributed by atoms with Gasteiger partial charge in [0, 0.05) is 12.6 Å². The maximum Gasteiger partial charge on any atom is 0.0731 e. The summed E-state index contributed by atoms with van der Waals surface area (Å²) in [4.78, 5) is 0. The first-order valence-corrected chi connectivity index (χ1v) is 5.92. The molecular formula is C12H25NO. The standard InChI is InChI=1S/C12H25NO/c1-4-5-8-14-11-9-12(2,3)7-6-10(11)13/h10-11H,4-9,13H2,1-3H3. The molecular weight excluding hydrogens is 174 g/mol. The van der Waals surface area contributed by atoms with E-state index < -0.39 is 0 Å². The highest BCUT2D eigenvalue weighted by molar-refractivity contribution is 4.87. The zero-order chi connectivity index (χ0) is 10.6. The lowest BCUT2D eigenvalue weighted by molar-refractivity contribution is -0.0198. The van der Waals surface area contributed by atoms with Crippen LogP contribution >= 0.6 is 0 Å². The van der Waals surface area contributed by atoms with Crippen LogP contribution in [0.25, 0.3) is 0 Å². The Hall–Kier alpha value is -0.0800. The van der Waals surface area contributed by atoms with Crippen molar-refractivity contribution < 1.29 is 4.74 Å². The summed E-state index contributed by atoms with van der Waals surface area (Å²) < 4.78 is 5.85. The minimum atomic E-state index is 0.264. The van der Waals surface area contributed by atoms with Gasteiger partial charge in [0.05, 0.1) is 6.10 Å². The summed E-state index contributed by atoms with van der Waals surface area (Å²) in [5.41, 5.74) is 6.48. The highest BCUT2D eigenvalue weighted by Gasteiger charge is 2.33. The summed E-state index contributed by atoms with van der Waals surface area (Å²) in [5.74, 6) is 0. The third-order valence-electron chi connectivity index (χ3n) is 3.22. The maximum absolute atomic E-state index is 6.06. The largest absolute Gasteiger partial charge is 0.377 e. The number of unbranched alkanes of at least 4 members (excludes halogenated alkanes) is 1. The quantitative estimate of drug-likeness (QED) is 0.707. The van der Waals surface area contributed by atoms with Crippen molar-refractivity contribution in [1.82, 2.24) is 0 Å². The summed E-state index contributed by atoms with van der Waals surface area (Å²) >= 11 is 0. The number of hydrogen-bond acceptors (Lipinski definition) is 2. The number of nitrogens with two attached hydrogens (primary N) is 1. The SMILES string of the molecule is CCCCOC1CC(C)(C)CCC1N. The molecule has 0 aromatic heterocycles. The van der Waals surface area contributed by atoms with Gasteiger partial charge in [-0.2, -0.15) is 0 Å². The molecule has 1 aliphatic carbocycles. The zero-order valence-corrected chi connectivity index (χ0v) is 9.88. The van der Waals surface area contributed by atoms with Gasteiger partial charge < -0.3 is 10.5 Å². The summed E-state index contributed by atoms with van der Waals surface area (Å²) in [6.07, 6.45) is 6.13. The zero-order valence-electron chi connectivity index (χ0n) is 9.88. The lowest BCUT2D eigenvalue weighted by Crippen LogP contribution is -2.44. The molecule has 0 aromatic rings. The van der Waals surface area contributed by atoms with Crippen molar-refractivity contribution in [3.63, 3.8) is 0 Å². The predicted molar refractivity (Wildman–Crippen MR) is 60.3 cm³/mol. The Kier molecular flexibility index (Phi) is 4.39. The molecule has 0 amide bonds. The molecule has 2 atom stereocenters. The molecule has 0 radical (unpaired) electrons. The molecule has 0 aromatic carbocycles. The van der Waals surface area contributed by atoms with Gasteiger partial charge in [-0.05, 0) is 31.1 Å². The van der Waals surface area contributed by atoms with Gasteiger partial charge in [0.1, 0.15) is 0 Å². The molecule has 2 heteroatoms. The first-order chi connectivity index (χ1) is 6.55. The molecule has 0 spiro atoms. The van der Waals surface area contributed by atoms with E-state index in [1.807, 2.05) is 0 Å². The normalized spacial score (nSPS) is 31.7. The van der Waals surface area contributed by atoms with E-state index in [9.17, 15) is 0 Å². The Balaban J connectivity index is 2.33. The highest BCUT2D eigenvalue weighted by atomic mass is 16.5. The Bertz CT molecular complexity index is 168. The minimum Gasteiger partial charge on any atom is -0.377 e. The van der Waals surface area contributed by atoms with Gasteiger partial charge in [-0.1, -0.05) is 27.2 Å². The van der Waals surface area contributed by atoms with Crippen molar-refractivity contribution in [2.75, 3.05) is 6.61 Å². The fourth-order valence-corrected chi connectivity index (χ4v) is 2.10.